The molecule has 1 fully saturated rings. The highest BCUT2D eigenvalue weighted by Crippen LogP contribution is 2.11. The number of hydrogen-bond donors (Lipinski definition) is 1. The van der Waals surface area contributed by atoms with Crippen molar-refractivity contribution in [1.82, 2.24) is 0 Å². The van der Waals surface area contributed by atoms with E-state index in [-0.39, 0.29) is 6.42 Å². The topological polar surface area (TPSA) is 107 Å². The third kappa shape index (κ3) is 6.19. The number of cyclic esters (lactones) is 2. The first-order valence-electron chi connectivity index (χ1n) is 3.94. The van der Waals surface area contributed by atoms with Gasteiger partial charge in [-0.2, -0.15) is 0 Å². The van der Waals surface area contributed by atoms with Crippen LogP contribution in [-0.2, 0) is 28.7 Å². The Balaban J connectivity index is 0.000000423. The Morgan fingerprint density at radius 1 is 1.40 bits per heavy atom. The van der Waals surface area contributed by atoms with Crippen LogP contribution in [0.1, 0.15) is 20.3 Å². The zero-order chi connectivity index (χ0) is 12.0. The summed E-state index contributed by atoms with van der Waals surface area (Å²) in [4.78, 5) is 40.3. The maximum absolute atomic E-state index is 10.6. The maximum Gasteiger partial charge on any atom is 0.355 e. The molecule has 1 saturated heterocycles. The quantitative estimate of drug-likeness (QED) is 0.466. The van der Waals surface area contributed by atoms with E-state index in [1.807, 2.05) is 0 Å². The molecule has 1 heterocycles. The number of ether oxygens (including phenoxy) is 2. The summed E-state index contributed by atoms with van der Waals surface area (Å²) in [7, 11) is 0. The third-order valence-electron chi connectivity index (χ3n) is 1.14. The van der Waals surface area contributed by atoms with E-state index in [0.29, 0.717) is 0 Å². The van der Waals surface area contributed by atoms with Gasteiger partial charge in [0.15, 0.2) is 0 Å². The van der Waals surface area contributed by atoms with E-state index in [9.17, 15) is 14.4 Å². The van der Waals surface area contributed by atoms with E-state index < -0.39 is 30.0 Å². The highest BCUT2D eigenvalue weighted by molar-refractivity contribution is 5.97. The Morgan fingerprint density at radius 3 is 2.13 bits per heavy atom. The van der Waals surface area contributed by atoms with E-state index in [2.05, 4.69) is 9.47 Å². The molecule has 0 amide bonds. The molecule has 7 heteroatoms. The van der Waals surface area contributed by atoms with Crippen LogP contribution in [0, 0.1) is 0 Å². The fourth-order valence-electron chi connectivity index (χ4n) is 0.744. The summed E-state index contributed by atoms with van der Waals surface area (Å²) in [6.07, 6.45) is -1.20. The Hall–Kier alpha value is -1.92. The summed E-state index contributed by atoms with van der Waals surface area (Å²) >= 11 is 0. The van der Waals surface area contributed by atoms with Crippen LogP contribution < -0.4 is 0 Å². The van der Waals surface area contributed by atoms with E-state index >= 15 is 0 Å². The number of carbonyl (C=O) groups is 4. The molecule has 15 heavy (non-hydrogen) atoms. The van der Waals surface area contributed by atoms with E-state index in [1.54, 1.807) is 0 Å². The molecule has 1 unspecified atom stereocenters. The monoisotopic (exact) mass is 218 g/mol. The zero-order valence-electron chi connectivity index (χ0n) is 8.18. The van der Waals surface area contributed by atoms with Crippen molar-refractivity contribution in [3.8, 4) is 0 Å². The van der Waals surface area contributed by atoms with Crippen molar-refractivity contribution in [2.45, 2.75) is 26.4 Å². The minimum Gasteiger partial charge on any atom is -0.481 e. The summed E-state index contributed by atoms with van der Waals surface area (Å²) in [6, 6.07) is 0. The normalized spacial score (nSPS) is 18.7. The number of carbonyl (C=O) groups excluding carboxylic acids is 3. The standard InChI is InChI=1S/C6H6O5.C2H4O2/c1-3(7)10-4-2-5(8)11-6(4)9;1-2(3)4/h4H,2H2,1H3;1H3,(H,3,4). The summed E-state index contributed by atoms with van der Waals surface area (Å²) < 4.78 is 8.58. The van der Waals surface area contributed by atoms with Crippen LogP contribution in [0.2, 0.25) is 0 Å². The first kappa shape index (κ1) is 13.1. The maximum atomic E-state index is 10.6. The van der Waals surface area contributed by atoms with E-state index in [0.717, 1.165) is 13.8 Å². The molecule has 0 aliphatic carbocycles. The van der Waals surface area contributed by atoms with Crippen molar-refractivity contribution in [2.75, 3.05) is 0 Å². The summed E-state index contributed by atoms with van der Waals surface area (Å²) in [6.45, 7) is 2.25. The molecule has 1 aliphatic heterocycles. The molecule has 1 atom stereocenters. The lowest BCUT2D eigenvalue weighted by Crippen LogP contribution is -2.20. The molecule has 0 spiro atoms. The van der Waals surface area contributed by atoms with Crippen molar-refractivity contribution in [3.05, 3.63) is 0 Å². The Labute approximate surface area is 85.0 Å². The van der Waals surface area contributed by atoms with Gasteiger partial charge in [-0.25, -0.2) is 4.79 Å². The Bertz CT molecular complexity index is 289. The van der Waals surface area contributed by atoms with Gasteiger partial charge in [-0.3, -0.25) is 14.4 Å². The average molecular weight is 218 g/mol. The fraction of sp³-hybridized carbons (Fsp3) is 0.500. The van der Waals surface area contributed by atoms with Gasteiger partial charge in [0.05, 0.1) is 6.42 Å². The SMILES string of the molecule is CC(=O)O.CC(=O)OC1CC(=O)OC1=O. The molecule has 1 aliphatic rings. The second kappa shape index (κ2) is 5.74. The van der Waals surface area contributed by atoms with Crippen molar-refractivity contribution in [3.63, 3.8) is 0 Å². The molecule has 0 radical (unpaired) electrons. The van der Waals surface area contributed by atoms with Gasteiger partial charge in [-0.15, -0.1) is 0 Å². The van der Waals surface area contributed by atoms with E-state index in [1.165, 1.54) is 0 Å². The lowest BCUT2D eigenvalue weighted by molar-refractivity contribution is -0.161. The van der Waals surface area contributed by atoms with Crippen LogP contribution in [0.5, 0.6) is 0 Å². The van der Waals surface area contributed by atoms with Crippen LogP contribution in [0.25, 0.3) is 0 Å². The van der Waals surface area contributed by atoms with Gasteiger partial charge in [-0.05, 0) is 0 Å². The molecule has 84 valence electrons. The van der Waals surface area contributed by atoms with Gasteiger partial charge >= 0.3 is 17.9 Å². The highest BCUT2D eigenvalue weighted by atomic mass is 16.6. The smallest absolute Gasteiger partial charge is 0.355 e. The summed E-state index contributed by atoms with van der Waals surface area (Å²) in [5.41, 5.74) is 0. The number of esters is 3. The van der Waals surface area contributed by atoms with Gasteiger partial charge < -0.3 is 14.6 Å². The number of rotatable bonds is 1. The van der Waals surface area contributed by atoms with Crippen molar-refractivity contribution < 1.29 is 33.8 Å². The minimum atomic E-state index is -1.03. The molecule has 0 aromatic carbocycles. The lowest BCUT2D eigenvalue weighted by atomic mass is 10.3. The van der Waals surface area contributed by atoms with Crippen LogP contribution in [-0.4, -0.2) is 35.1 Å². The van der Waals surface area contributed by atoms with E-state index in [4.69, 9.17) is 9.90 Å². The molecule has 0 saturated carbocycles. The second-order valence-corrected chi connectivity index (χ2v) is 2.61. The van der Waals surface area contributed by atoms with Gasteiger partial charge in [0.2, 0.25) is 6.10 Å². The predicted octanol–water partition coefficient (Wildman–Crippen LogP) is -0.518. The molecule has 1 N–H and O–H groups in total. The summed E-state index contributed by atoms with van der Waals surface area (Å²) in [5.74, 6) is -2.87. The van der Waals surface area contributed by atoms with Crippen LogP contribution in [0.3, 0.4) is 0 Å². The zero-order valence-corrected chi connectivity index (χ0v) is 8.18. The van der Waals surface area contributed by atoms with Crippen molar-refractivity contribution >= 4 is 23.9 Å². The number of hydrogen-bond acceptors (Lipinski definition) is 6. The first-order valence-corrected chi connectivity index (χ1v) is 3.94. The van der Waals surface area contributed by atoms with Crippen molar-refractivity contribution in [1.29, 1.82) is 0 Å². The molecule has 1 rings (SSSR count). The number of carboxylic acids is 1. The fourth-order valence-corrected chi connectivity index (χ4v) is 0.744. The second-order valence-electron chi connectivity index (χ2n) is 2.61. The molecule has 0 aromatic heterocycles. The van der Waals surface area contributed by atoms with Gasteiger partial charge in [0, 0.05) is 13.8 Å². The molecule has 0 bridgehead atoms. The Kier molecular flexibility index (Phi) is 5.00. The lowest BCUT2D eigenvalue weighted by Gasteiger charge is -2.02. The summed E-state index contributed by atoms with van der Waals surface area (Å²) in [5, 5.41) is 7.42. The largest absolute Gasteiger partial charge is 0.481 e. The van der Waals surface area contributed by atoms with Crippen LogP contribution >= 0.6 is 0 Å². The molecule has 0 aromatic rings. The van der Waals surface area contributed by atoms with Crippen LogP contribution in [0.15, 0.2) is 0 Å². The number of aliphatic carboxylic acids is 1. The highest BCUT2D eigenvalue weighted by Gasteiger charge is 2.35. The van der Waals surface area contributed by atoms with Gasteiger partial charge in [0.25, 0.3) is 5.97 Å². The molecule has 7 nitrogen and oxygen atoms in total. The first-order chi connectivity index (χ1) is 6.82. The minimum absolute atomic E-state index is 0.168. The third-order valence-corrected chi connectivity index (χ3v) is 1.14. The van der Waals surface area contributed by atoms with Gasteiger partial charge in [-0.1, -0.05) is 0 Å². The predicted molar refractivity (Wildman–Crippen MR) is 44.6 cm³/mol. The number of carboxylic acid groups (broad SMARTS) is 1. The molecular formula is C8H10O7. The molecular weight excluding hydrogens is 208 g/mol. The van der Waals surface area contributed by atoms with Crippen molar-refractivity contribution in [2.24, 2.45) is 0 Å². The Morgan fingerprint density at radius 2 is 1.87 bits per heavy atom. The average Bonchev–Trinajstić information content (AvgIpc) is 2.27. The van der Waals surface area contributed by atoms with Crippen LogP contribution in [0.4, 0.5) is 0 Å². The van der Waals surface area contributed by atoms with Gasteiger partial charge in [0.1, 0.15) is 0 Å².